The first kappa shape index (κ1) is 10.8. The molecule has 1 aliphatic carbocycles. The van der Waals surface area contributed by atoms with Gasteiger partial charge in [0.05, 0.1) is 6.61 Å². The lowest BCUT2D eigenvalue weighted by molar-refractivity contribution is 0.120. The second-order valence-corrected chi connectivity index (χ2v) is 5.36. The molecule has 0 heterocycles. The SMILES string of the molecule is Cc1ccc2ccc(C3(CO)CCC3)cc2c1. The molecule has 1 N–H and O–H groups in total. The Morgan fingerprint density at radius 2 is 1.82 bits per heavy atom. The van der Waals surface area contributed by atoms with Crippen LogP contribution in [-0.2, 0) is 5.41 Å². The van der Waals surface area contributed by atoms with Gasteiger partial charge in [-0.15, -0.1) is 0 Å². The van der Waals surface area contributed by atoms with Crippen molar-refractivity contribution in [2.45, 2.75) is 31.6 Å². The molecule has 0 spiro atoms. The molecule has 2 aromatic carbocycles. The number of aliphatic hydroxyl groups excluding tert-OH is 1. The van der Waals surface area contributed by atoms with Gasteiger partial charge in [0.25, 0.3) is 0 Å². The minimum atomic E-state index is 0.0535. The second-order valence-electron chi connectivity index (χ2n) is 5.36. The highest BCUT2D eigenvalue weighted by molar-refractivity contribution is 5.84. The van der Waals surface area contributed by atoms with Crippen LogP contribution in [-0.4, -0.2) is 11.7 Å². The summed E-state index contributed by atoms with van der Waals surface area (Å²) >= 11 is 0. The molecule has 0 unspecified atom stereocenters. The van der Waals surface area contributed by atoms with Crippen molar-refractivity contribution in [3.05, 3.63) is 47.5 Å². The van der Waals surface area contributed by atoms with Gasteiger partial charge in [-0.2, -0.15) is 0 Å². The zero-order valence-corrected chi connectivity index (χ0v) is 10.2. The number of aryl methyl sites for hydroxylation is 1. The smallest absolute Gasteiger partial charge is 0.0527 e. The molecule has 17 heavy (non-hydrogen) atoms. The first-order valence-corrected chi connectivity index (χ1v) is 6.35. The minimum absolute atomic E-state index is 0.0535. The molecular formula is C16H18O. The van der Waals surface area contributed by atoms with Gasteiger partial charge in [-0.05, 0) is 36.1 Å². The lowest BCUT2D eigenvalue weighted by atomic mass is 9.65. The maximum Gasteiger partial charge on any atom is 0.0527 e. The van der Waals surface area contributed by atoms with Gasteiger partial charge in [0.1, 0.15) is 0 Å². The molecular weight excluding hydrogens is 208 g/mol. The first-order valence-electron chi connectivity index (χ1n) is 6.35. The van der Waals surface area contributed by atoms with Gasteiger partial charge < -0.3 is 5.11 Å². The van der Waals surface area contributed by atoms with Crippen LogP contribution in [0.2, 0.25) is 0 Å². The highest BCUT2D eigenvalue weighted by Crippen LogP contribution is 2.43. The Morgan fingerprint density at radius 1 is 1.06 bits per heavy atom. The first-order chi connectivity index (χ1) is 8.23. The summed E-state index contributed by atoms with van der Waals surface area (Å²) in [6, 6.07) is 13.2. The molecule has 88 valence electrons. The molecule has 0 aliphatic heterocycles. The van der Waals surface area contributed by atoms with Crippen LogP contribution in [0.15, 0.2) is 36.4 Å². The summed E-state index contributed by atoms with van der Waals surface area (Å²) in [6.07, 6.45) is 3.49. The molecule has 0 bridgehead atoms. The van der Waals surface area contributed by atoms with E-state index in [4.69, 9.17) is 0 Å². The van der Waals surface area contributed by atoms with Gasteiger partial charge in [-0.3, -0.25) is 0 Å². The highest BCUT2D eigenvalue weighted by Gasteiger charge is 2.37. The normalized spacial score (nSPS) is 18.0. The van der Waals surface area contributed by atoms with E-state index in [-0.39, 0.29) is 12.0 Å². The van der Waals surface area contributed by atoms with Crippen LogP contribution in [0.4, 0.5) is 0 Å². The second kappa shape index (κ2) is 3.85. The van der Waals surface area contributed by atoms with Gasteiger partial charge >= 0.3 is 0 Å². The number of hydrogen-bond donors (Lipinski definition) is 1. The minimum Gasteiger partial charge on any atom is -0.395 e. The van der Waals surface area contributed by atoms with E-state index in [0.29, 0.717) is 0 Å². The van der Waals surface area contributed by atoms with Crippen molar-refractivity contribution in [2.75, 3.05) is 6.61 Å². The topological polar surface area (TPSA) is 20.2 Å². The molecule has 2 aromatic rings. The standard InChI is InChI=1S/C16H18O/c1-12-3-4-13-5-6-15(10-14(13)9-12)16(11-17)7-2-8-16/h3-6,9-10,17H,2,7-8,11H2,1H3. The fraction of sp³-hybridized carbons (Fsp3) is 0.375. The maximum absolute atomic E-state index is 9.62. The Balaban J connectivity index is 2.12. The van der Waals surface area contributed by atoms with E-state index < -0.39 is 0 Å². The summed E-state index contributed by atoms with van der Waals surface area (Å²) in [5, 5.41) is 12.2. The van der Waals surface area contributed by atoms with E-state index in [1.165, 1.54) is 28.3 Å². The van der Waals surface area contributed by atoms with Gasteiger partial charge in [0, 0.05) is 5.41 Å². The fourth-order valence-corrected chi connectivity index (χ4v) is 2.84. The summed E-state index contributed by atoms with van der Waals surface area (Å²) in [7, 11) is 0. The largest absolute Gasteiger partial charge is 0.395 e. The Labute approximate surface area is 102 Å². The maximum atomic E-state index is 9.62. The molecule has 0 amide bonds. The molecule has 1 aliphatic rings. The average molecular weight is 226 g/mol. The molecule has 0 radical (unpaired) electrons. The number of rotatable bonds is 2. The quantitative estimate of drug-likeness (QED) is 0.830. The van der Waals surface area contributed by atoms with Crippen LogP contribution >= 0.6 is 0 Å². The lowest BCUT2D eigenvalue weighted by Gasteiger charge is -2.41. The fourth-order valence-electron chi connectivity index (χ4n) is 2.84. The average Bonchev–Trinajstić information content (AvgIpc) is 2.28. The van der Waals surface area contributed by atoms with Crippen molar-refractivity contribution in [1.29, 1.82) is 0 Å². The molecule has 3 rings (SSSR count). The highest BCUT2D eigenvalue weighted by atomic mass is 16.3. The van der Waals surface area contributed by atoms with Crippen LogP contribution in [0.25, 0.3) is 10.8 Å². The molecule has 0 atom stereocenters. The van der Waals surface area contributed by atoms with Crippen molar-refractivity contribution < 1.29 is 5.11 Å². The zero-order chi connectivity index (χ0) is 11.9. The third-order valence-electron chi connectivity index (χ3n) is 4.22. The summed E-state index contributed by atoms with van der Waals surface area (Å²) in [4.78, 5) is 0. The van der Waals surface area contributed by atoms with E-state index in [1.807, 2.05) is 0 Å². The van der Waals surface area contributed by atoms with Crippen molar-refractivity contribution in [3.63, 3.8) is 0 Å². The molecule has 1 heteroatoms. The van der Waals surface area contributed by atoms with Crippen LogP contribution < -0.4 is 0 Å². The third kappa shape index (κ3) is 1.66. The summed E-state index contributed by atoms with van der Waals surface area (Å²) in [5.74, 6) is 0. The molecule has 1 fully saturated rings. The van der Waals surface area contributed by atoms with E-state index in [1.54, 1.807) is 0 Å². The van der Waals surface area contributed by atoms with Gasteiger partial charge in [0.15, 0.2) is 0 Å². The Bertz CT molecular complexity index is 547. The molecule has 1 saturated carbocycles. The van der Waals surface area contributed by atoms with Crippen LogP contribution in [0, 0.1) is 6.92 Å². The van der Waals surface area contributed by atoms with Crippen LogP contribution in [0.3, 0.4) is 0 Å². The van der Waals surface area contributed by atoms with Crippen molar-refractivity contribution in [2.24, 2.45) is 0 Å². The van der Waals surface area contributed by atoms with Crippen molar-refractivity contribution in [1.82, 2.24) is 0 Å². The molecule has 1 nitrogen and oxygen atoms in total. The van der Waals surface area contributed by atoms with E-state index >= 15 is 0 Å². The number of fused-ring (bicyclic) bond motifs is 1. The molecule has 0 saturated heterocycles. The molecule has 0 aromatic heterocycles. The Hall–Kier alpha value is -1.34. The van der Waals surface area contributed by atoms with Gasteiger partial charge in [-0.25, -0.2) is 0 Å². The monoisotopic (exact) mass is 226 g/mol. The predicted octanol–water partition coefficient (Wildman–Crippen LogP) is 3.56. The third-order valence-corrected chi connectivity index (χ3v) is 4.22. The summed E-state index contributed by atoms with van der Waals surface area (Å²) in [5.41, 5.74) is 2.66. The Morgan fingerprint density at radius 3 is 2.47 bits per heavy atom. The number of benzene rings is 2. The number of hydrogen-bond acceptors (Lipinski definition) is 1. The Kier molecular flexibility index (Phi) is 2.44. The van der Waals surface area contributed by atoms with E-state index in [2.05, 4.69) is 43.3 Å². The van der Waals surface area contributed by atoms with Crippen molar-refractivity contribution in [3.8, 4) is 0 Å². The van der Waals surface area contributed by atoms with Crippen LogP contribution in [0.1, 0.15) is 30.4 Å². The van der Waals surface area contributed by atoms with Gasteiger partial charge in [0.2, 0.25) is 0 Å². The van der Waals surface area contributed by atoms with Crippen LogP contribution in [0.5, 0.6) is 0 Å². The van der Waals surface area contributed by atoms with Crippen molar-refractivity contribution >= 4 is 10.8 Å². The summed E-state index contributed by atoms with van der Waals surface area (Å²) < 4.78 is 0. The lowest BCUT2D eigenvalue weighted by Crippen LogP contribution is -2.37. The van der Waals surface area contributed by atoms with E-state index in [0.717, 1.165) is 12.8 Å². The predicted molar refractivity (Wildman–Crippen MR) is 71.3 cm³/mol. The number of aliphatic hydroxyl groups is 1. The zero-order valence-electron chi connectivity index (χ0n) is 10.2. The van der Waals surface area contributed by atoms with E-state index in [9.17, 15) is 5.11 Å². The summed E-state index contributed by atoms with van der Waals surface area (Å²) in [6.45, 7) is 2.40. The van der Waals surface area contributed by atoms with Gasteiger partial charge in [-0.1, -0.05) is 48.4 Å².